The summed E-state index contributed by atoms with van der Waals surface area (Å²) in [7, 11) is 0. The molecule has 1 aromatic heterocycles. The lowest BCUT2D eigenvalue weighted by atomic mass is 9.80. The predicted octanol–water partition coefficient (Wildman–Crippen LogP) is 3.11. The fraction of sp³-hybridized carbons (Fsp3) is 0.522. The van der Waals surface area contributed by atoms with E-state index in [9.17, 15) is 14.7 Å². The van der Waals surface area contributed by atoms with Gasteiger partial charge in [-0.1, -0.05) is 20.8 Å². The molecule has 166 valence electrons. The first-order valence-electron chi connectivity index (χ1n) is 10.8. The van der Waals surface area contributed by atoms with Gasteiger partial charge in [0.05, 0.1) is 6.54 Å². The number of nitrogens with one attached hydrogen (secondary N) is 1. The number of likely N-dealkylation sites (tertiary alicyclic amines) is 1. The number of hydrogen-bond donors (Lipinski definition) is 2. The summed E-state index contributed by atoms with van der Waals surface area (Å²) in [5, 5.41) is 14.4. The Hall–Kier alpha value is -3.03. The first-order chi connectivity index (χ1) is 14.7. The van der Waals surface area contributed by atoms with Gasteiger partial charge in [0.15, 0.2) is 0 Å². The highest BCUT2D eigenvalue weighted by Gasteiger charge is 2.39. The van der Waals surface area contributed by atoms with Crippen LogP contribution in [0.2, 0.25) is 0 Å². The number of piperidine rings is 1. The van der Waals surface area contributed by atoms with E-state index in [1.807, 2.05) is 18.2 Å². The second-order valence-corrected chi connectivity index (χ2v) is 9.40. The van der Waals surface area contributed by atoms with Gasteiger partial charge in [0.2, 0.25) is 5.91 Å². The quantitative estimate of drug-likeness (QED) is 0.783. The highest BCUT2D eigenvalue weighted by Crippen LogP contribution is 2.37. The van der Waals surface area contributed by atoms with Gasteiger partial charge >= 0.3 is 6.09 Å². The van der Waals surface area contributed by atoms with E-state index in [0.717, 1.165) is 28.8 Å². The molecule has 2 saturated heterocycles. The third kappa shape index (κ3) is 4.38. The molecule has 0 radical (unpaired) electrons. The normalized spacial score (nSPS) is 22.4. The van der Waals surface area contributed by atoms with Crippen LogP contribution < -0.4 is 15.0 Å². The summed E-state index contributed by atoms with van der Waals surface area (Å²) in [6, 6.07) is 5.79. The van der Waals surface area contributed by atoms with E-state index >= 15 is 0 Å². The lowest BCUT2D eigenvalue weighted by Crippen LogP contribution is -2.53. The minimum Gasteiger partial charge on any atom is -0.490 e. The molecule has 0 saturated carbocycles. The minimum atomic E-state index is -0.872. The summed E-state index contributed by atoms with van der Waals surface area (Å²) in [6.45, 7) is 8.37. The van der Waals surface area contributed by atoms with Crippen LogP contribution in [0.25, 0.3) is 10.8 Å². The summed E-state index contributed by atoms with van der Waals surface area (Å²) in [5.74, 6) is 0.766. The van der Waals surface area contributed by atoms with Crippen molar-refractivity contribution in [2.75, 3.05) is 31.1 Å². The number of nitrogens with zero attached hydrogens (tertiary/aromatic N) is 3. The van der Waals surface area contributed by atoms with Gasteiger partial charge in [-0.25, -0.2) is 4.79 Å². The maximum absolute atomic E-state index is 11.9. The van der Waals surface area contributed by atoms with Gasteiger partial charge in [-0.15, -0.1) is 0 Å². The molecule has 0 aliphatic carbocycles. The maximum atomic E-state index is 11.9. The highest BCUT2D eigenvalue weighted by atomic mass is 16.5. The number of pyridine rings is 1. The van der Waals surface area contributed by atoms with Crippen molar-refractivity contribution in [3.05, 3.63) is 30.6 Å². The molecule has 2 N–H and O–H groups in total. The number of amides is 2. The van der Waals surface area contributed by atoms with Gasteiger partial charge in [-0.2, -0.15) is 0 Å². The number of aromatic nitrogens is 1. The lowest BCUT2D eigenvalue weighted by Gasteiger charge is -2.44. The minimum absolute atomic E-state index is 0.0206. The van der Waals surface area contributed by atoms with E-state index in [1.54, 1.807) is 17.3 Å². The summed E-state index contributed by atoms with van der Waals surface area (Å²) >= 11 is 0. The van der Waals surface area contributed by atoms with E-state index in [0.29, 0.717) is 32.5 Å². The molecular weight excluding hydrogens is 396 g/mol. The fourth-order valence-corrected chi connectivity index (χ4v) is 4.64. The van der Waals surface area contributed by atoms with Crippen molar-refractivity contribution in [2.24, 2.45) is 5.41 Å². The van der Waals surface area contributed by atoms with Gasteiger partial charge in [0.25, 0.3) is 0 Å². The molecule has 0 bridgehead atoms. The molecule has 2 atom stereocenters. The van der Waals surface area contributed by atoms with Crippen LogP contribution in [-0.4, -0.2) is 65.3 Å². The molecule has 8 nitrogen and oxygen atoms in total. The monoisotopic (exact) mass is 426 g/mol. The van der Waals surface area contributed by atoms with Crippen molar-refractivity contribution in [1.82, 2.24) is 15.2 Å². The molecule has 2 aliphatic rings. The lowest BCUT2D eigenvalue weighted by molar-refractivity contribution is -0.120. The Morgan fingerprint density at radius 1 is 1.23 bits per heavy atom. The zero-order valence-corrected chi connectivity index (χ0v) is 18.3. The Bertz CT molecular complexity index is 987. The highest BCUT2D eigenvalue weighted by molar-refractivity contribution is 5.99. The summed E-state index contributed by atoms with van der Waals surface area (Å²) in [6.07, 6.45) is 3.89. The van der Waals surface area contributed by atoms with Crippen molar-refractivity contribution < 1.29 is 19.4 Å². The molecular formula is C23H30N4O4. The largest absolute Gasteiger partial charge is 0.490 e. The van der Waals surface area contributed by atoms with Gasteiger partial charge in [-0.05, 0) is 23.6 Å². The topological polar surface area (TPSA) is 95.0 Å². The Morgan fingerprint density at radius 3 is 2.74 bits per heavy atom. The Morgan fingerprint density at radius 2 is 2.03 bits per heavy atom. The first kappa shape index (κ1) is 21.2. The second kappa shape index (κ2) is 8.24. The number of piperazine rings is 1. The molecule has 2 aromatic rings. The molecule has 31 heavy (non-hydrogen) atoms. The summed E-state index contributed by atoms with van der Waals surface area (Å²) < 4.78 is 6.43. The third-order valence-corrected chi connectivity index (χ3v) is 6.23. The summed E-state index contributed by atoms with van der Waals surface area (Å²) in [5.41, 5.74) is 0.816. The smallest absolute Gasteiger partial charge is 0.407 e. The van der Waals surface area contributed by atoms with Crippen LogP contribution in [0.5, 0.6) is 5.75 Å². The Kier molecular flexibility index (Phi) is 5.64. The molecule has 2 unspecified atom stereocenters. The SMILES string of the molecule is CC(C)(C)C1CC(Oc2ccc(N3CCNC(=O)C3)c3ccncc23)CCN1C(=O)O. The number of fused-ring (bicyclic) bond motifs is 1. The van der Waals surface area contributed by atoms with Crippen LogP contribution in [0.1, 0.15) is 33.6 Å². The van der Waals surface area contributed by atoms with E-state index < -0.39 is 6.09 Å². The van der Waals surface area contributed by atoms with Gasteiger partial charge in [0, 0.05) is 67.4 Å². The molecule has 2 amide bonds. The first-order valence-corrected chi connectivity index (χ1v) is 10.8. The number of hydrogen-bond acceptors (Lipinski definition) is 5. The number of carbonyl (C=O) groups excluding carboxylic acids is 1. The number of rotatable bonds is 3. The van der Waals surface area contributed by atoms with E-state index in [-0.39, 0.29) is 23.5 Å². The number of ether oxygens (including phenoxy) is 1. The molecule has 4 rings (SSSR count). The van der Waals surface area contributed by atoms with Crippen molar-refractivity contribution in [3.63, 3.8) is 0 Å². The molecule has 0 spiro atoms. The molecule has 8 heteroatoms. The standard InChI is InChI=1S/C23H30N4O4/c1-23(2,3)20-12-15(7-10-27(20)22(29)30)31-19-5-4-18(16-6-8-24-13-17(16)19)26-11-9-25-21(28)14-26/h4-6,8,13,15,20H,7,9-12,14H2,1-3H3,(H,25,28)(H,29,30). The van der Waals surface area contributed by atoms with E-state index in [2.05, 4.69) is 36.0 Å². The van der Waals surface area contributed by atoms with Gasteiger partial charge in [-0.3, -0.25) is 9.78 Å². The predicted molar refractivity (Wildman–Crippen MR) is 119 cm³/mol. The Labute approximate surface area is 182 Å². The zero-order valence-electron chi connectivity index (χ0n) is 18.3. The number of benzene rings is 1. The second-order valence-electron chi connectivity index (χ2n) is 9.40. The average molecular weight is 427 g/mol. The molecule has 3 heterocycles. The molecule has 2 fully saturated rings. The zero-order chi connectivity index (χ0) is 22.2. The fourth-order valence-electron chi connectivity index (χ4n) is 4.64. The maximum Gasteiger partial charge on any atom is 0.407 e. The third-order valence-electron chi connectivity index (χ3n) is 6.23. The molecule has 2 aliphatic heterocycles. The molecule has 1 aromatic carbocycles. The number of anilines is 1. The summed E-state index contributed by atoms with van der Waals surface area (Å²) in [4.78, 5) is 31.5. The van der Waals surface area contributed by atoms with Crippen LogP contribution in [0.4, 0.5) is 10.5 Å². The van der Waals surface area contributed by atoms with Crippen LogP contribution in [-0.2, 0) is 4.79 Å². The van der Waals surface area contributed by atoms with Crippen LogP contribution in [0, 0.1) is 5.41 Å². The van der Waals surface area contributed by atoms with Crippen molar-refractivity contribution in [3.8, 4) is 5.75 Å². The average Bonchev–Trinajstić information content (AvgIpc) is 2.73. The van der Waals surface area contributed by atoms with Crippen molar-refractivity contribution >= 4 is 28.5 Å². The number of carbonyl (C=O) groups is 2. The van der Waals surface area contributed by atoms with Crippen LogP contribution in [0.15, 0.2) is 30.6 Å². The Balaban J connectivity index is 1.60. The number of carboxylic acid groups (broad SMARTS) is 1. The van der Waals surface area contributed by atoms with Crippen molar-refractivity contribution in [2.45, 2.75) is 45.8 Å². The van der Waals surface area contributed by atoms with Gasteiger partial charge in [0.1, 0.15) is 11.9 Å². The van der Waals surface area contributed by atoms with E-state index in [1.165, 1.54) is 0 Å². The van der Waals surface area contributed by atoms with Crippen molar-refractivity contribution in [1.29, 1.82) is 0 Å². The van der Waals surface area contributed by atoms with Crippen LogP contribution >= 0.6 is 0 Å². The van der Waals surface area contributed by atoms with Crippen LogP contribution in [0.3, 0.4) is 0 Å². The van der Waals surface area contributed by atoms with E-state index in [4.69, 9.17) is 4.74 Å². The van der Waals surface area contributed by atoms with Gasteiger partial charge < -0.3 is 25.0 Å².